The monoisotopic (exact) mass is 494 g/mol. The van der Waals surface area contributed by atoms with E-state index in [0.29, 0.717) is 34.5 Å². The van der Waals surface area contributed by atoms with Gasteiger partial charge in [0, 0.05) is 29.5 Å². The molecule has 1 aromatic heterocycles. The van der Waals surface area contributed by atoms with Gasteiger partial charge in [-0.3, -0.25) is 19.7 Å². The fourth-order valence-corrected chi connectivity index (χ4v) is 4.01. The number of nitro benzene ring substituents is 1. The SMILES string of the molecule is C=CCn1c(CC(=O)Nc2ccc(C)c(C)c2)nnc1SCC(=O)Nc1ccc(C)c([N+](=O)[O-])c1. The lowest BCUT2D eigenvalue weighted by molar-refractivity contribution is -0.385. The quantitative estimate of drug-likeness (QED) is 0.187. The van der Waals surface area contributed by atoms with Crippen LogP contribution in [0.2, 0.25) is 0 Å². The van der Waals surface area contributed by atoms with Gasteiger partial charge < -0.3 is 15.2 Å². The number of carbonyl (C=O) groups is 2. The number of rotatable bonds is 10. The molecule has 2 amide bonds. The molecule has 0 aliphatic rings. The summed E-state index contributed by atoms with van der Waals surface area (Å²) in [5, 5.41) is 25.4. The minimum Gasteiger partial charge on any atom is -0.326 e. The maximum absolute atomic E-state index is 12.6. The molecule has 1 heterocycles. The molecule has 3 aromatic rings. The van der Waals surface area contributed by atoms with Crippen LogP contribution < -0.4 is 10.6 Å². The highest BCUT2D eigenvalue weighted by molar-refractivity contribution is 7.99. The second-order valence-corrected chi connectivity index (χ2v) is 8.86. The maximum Gasteiger partial charge on any atom is 0.274 e. The molecule has 0 saturated heterocycles. The highest BCUT2D eigenvalue weighted by atomic mass is 32.2. The van der Waals surface area contributed by atoms with Crippen molar-refractivity contribution < 1.29 is 14.5 Å². The number of anilines is 2. The van der Waals surface area contributed by atoms with Crippen molar-refractivity contribution in [1.82, 2.24) is 14.8 Å². The Morgan fingerprint density at radius 3 is 2.34 bits per heavy atom. The van der Waals surface area contributed by atoms with Gasteiger partial charge >= 0.3 is 0 Å². The first-order valence-electron chi connectivity index (χ1n) is 10.8. The summed E-state index contributed by atoms with van der Waals surface area (Å²) in [5.74, 6) is -0.133. The molecule has 0 atom stereocenters. The van der Waals surface area contributed by atoms with Gasteiger partial charge in [-0.2, -0.15) is 0 Å². The van der Waals surface area contributed by atoms with Crippen LogP contribution in [0.1, 0.15) is 22.5 Å². The first-order chi connectivity index (χ1) is 16.7. The molecule has 0 aliphatic heterocycles. The number of carbonyl (C=O) groups excluding carboxylic acids is 2. The number of thioether (sulfide) groups is 1. The Bertz CT molecular complexity index is 1290. The van der Waals surface area contributed by atoms with Crippen LogP contribution in [0.5, 0.6) is 0 Å². The van der Waals surface area contributed by atoms with Crippen LogP contribution in [0.15, 0.2) is 54.2 Å². The molecule has 0 saturated carbocycles. The van der Waals surface area contributed by atoms with Gasteiger partial charge in [0.05, 0.1) is 17.1 Å². The minimum atomic E-state index is -0.491. The highest BCUT2D eigenvalue weighted by Crippen LogP contribution is 2.23. The lowest BCUT2D eigenvalue weighted by Gasteiger charge is -2.10. The molecule has 35 heavy (non-hydrogen) atoms. The number of nitro groups is 1. The van der Waals surface area contributed by atoms with Gasteiger partial charge in [-0.25, -0.2) is 0 Å². The average molecular weight is 495 g/mol. The number of aromatic nitrogens is 3. The van der Waals surface area contributed by atoms with E-state index in [9.17, 15) is 19.7 Å². The number of nitrogens with one attached hydrogen (secondary N) is 2. The van der Waals surface area contributed by atoms with E-state index in [1.54, 1.807) is 29.7 Å². The summed E-state index contributed by atoms with van der Waals surface area (Å²) in [5.41, 5.74) is 3.70. The third-order valence-electron chi connectivity index (χ3n) is 5.24. The predicted octanol–water partition coefficient (Wildman–Crippen LogP) is 4.21. The Hall–Kier alpha value is -3.99. The molecule has 0 fully saturated rings. The Morgan fingerprint density at radius 2 is 1.69 bits per heavy atom. The van der Waals surface area contributed by atoms with E-state index >= 15 is 0 Å². The lowest BCUT2D eigenvalue weighted by atomic mass is 10.1. The van der Waals surface area contributed by atoms with Crippen LogP contribution >= 0.6 is 11.8 Å². The van der Waals surface area contributed by atoms with E-state index < -0.39 is 4.92 Å². The summed E-state index contributed by atoms with van der Waals surface area (Å²) < 4.78 is 1.72. The van der Waals surface area contributed by atoms with Crippen LogP contribution in [0, 0.1) is 30.9 Å². The smallest absolute Gasteiger partial charge is 0.274 e. The summed E-state index contributed by atoms with van der Waals surface area (Å²) in [4.78, 5) is 35.6. The van der Waals surface area contributed by atoms with Crippen molar-refractivity contribution in [2.45, 2.75) is 38.9 Å². The van der Waals surface area contributed by atoms with Gasteiger partial charge in [0.2, 0.25) is 11.8 Å². The number of hydrogen-bond acceptors (Lipinski definition) is 7. The molecule has 0 unspecified atom stereocenters. The second kappa shape index (κ2) is 11.4. The Kier molecular flexibility index (Phi) is 8.37. The number of allylic oxidation sites excluding steroid dienone is 1. The fourth-order valence-electron chi connectivity index (χ4n) is 3.25. The van der Waals surface area contributed by atoms with Crippen LogP contribution in [0.4, 0.5) is 17.1 Å². The summed E-state index contributed by atoms with van der Waals surface area (Å²) in [6.45, 7) is 9.72. The maximum atomic E-state index is 12.6. The number of amides is 2. The second-order valence-electron chi connectivity index (χ2n) is 7.92. The van der Waals surface area contributed by atoms with Crippen molar-refractivity contribution in [3.05, 3.63) is 81.7 Å². The van der Waals surface area contributed by atoms with E-state index in [1.807, 2.05) is 32.0 Å². The zero-order valence-corrected chi connectivity index (χ0v) is 20.5. The summed E-state index contributed by atoms with van der Waals surface area (Å²) >= 11 is 1.15. The van der Waals surface area contributed by atoms with Crippen molar-refractivity contribution >= 4 is 40.6 Å². The van der Waals surface area contributed by atoms with E-state index in [0.717, 1.165) is 22.9 Å². The number of benzene rings is 2. The van der Waals surface area contributed by atoms with Gasteiger partial charge in [0.15, 0.2) is 5.16 Å². The van der Waals surface area contributed by atoms with Crippen LogP contribution in [0.3, 0.4) is 0 Å². The van der Waals surface area contributed by atoms with Crippen LogP contribution in [-0.4, -0.2) is 37.3 Å². The van der Waals surface area contributed by atoms with Gasteiger partial charge in [-0.1, -0.05) is 30.0 Å². The topological polar surface area (TPSA) is 132 Å². The minimum absolute atomic E-state index is 0.00574. The Labute approximate surface area is 207 Å². The molecule has 3 rings (SSSR count). The molecule has 182 valence electrons. The molecule has 10 nitrogen and oxygen atoms in total. The molecule has 11 heteroatoms. The van der Waals surface area contributed by atoms with Gasteiger partial charge in [0.25, 0.3) is 5.69 Å². The van der Waals surface area contributed by atoms with Crippen molar-refractivity contribution in [1.29, 1.82) is 0 Å². The molecule has 2 N–H and O–H groups in total. The van der Waals surface area contributed by atoms with Crippen molar-refractivity contribution in [2.75, 3.05) is 16.4 Å². The van der Waals surface area contributed by atoms with E-state index in [2.05, 4.69) is 27.4 Å². The molecular weight excluding hydrogens is 468 g/mol. The standard InChI is InChI=1S/C24H26N6O4S/c1-5-10-29-21(13-22(31)25-18-8-6-15(2)17(4)11-18)27-28-24(29)35-14-23(32)26-19-9-7-16(3)20(12-19)30(33)34/h5-9,11-12H,1,10,13-14H2,2-4H3,(H,25,31)(H,26,32). The van der Waals surface area contributed by atoms with Crippen molar-refractivity contribution in [3.63, 3.8) is 0 Å². The number of hydrogen-bond donors (Lipinski definition) is 2. The van der Waals surface area contributed by atoms with Crippen molar-refractivity contribution in [2.24, 2.45) is 0 Å². The largest absolute Gasteiger partial charge is 0.326 e. The van der Waals surface area contributed by atoms with Crippen LogP contribution in [-0.2, 0) is 22.6 Å². The van der Waals surface area contributed by atoms with Crippen LogP contribution in [0.25, 0.3) is 0 Å². The molecule has 0 aliphatic carbocycles. The number of nitrogens with zero attached hydrogens (tertiary/aromatic N) is 4. The van der Waals surface area contributed by atoms with Gasteiger partial charge in [-0.15, -0.1) is 16.8 Å². The van der Waals surface area contributed by atoms with Gasteiger partial charge in [-0.05, 0) is 50.1 Å². The number of aryl methyl sites for hydroxylation is 3. The fraction of sp³-hybridized carbons (Fsp3) is 0.250. The molecule has 0 spiro atoms. The summed E-state index contributed by atoms with van der Waals surface area (Å²) in [6.07, 6.45) is 1.66. The molecule has 2 aromatic carbocycles. The van der Waals surface area contributed by atoms with E-state index in [1.165, 1.54) is 6.07 Å². The first kappa shape index (κ1) is 25.6. The van der Waals surface area contributed by atoms with E-state index in [4.69, 9.17) is 0 Å². The average Bonchev–Trinajstić information content (AvgIpc) is 3.17. The molecule has 0 bridgehead atoms. The third kappa shape index (κ3) is 6.76. The van der Waals surface area contributed by atoms with E-state index in [-0.39, 0.29) is 29.7 Å². The predicted molar refractivity (Wildman–Crippen MR) is 136 cm³/mol. The zero-order chi connectivity index (χ0) is 25.5. The zero-order valence-electron chi connectivity index (χ0n) is 19.7. The van der Waals surface area contributed by atoms with Gasteiger partial charge in [0.1, 0.15) is 5.82 Å². The Morgan fingerprint density at radius 1 is 1.03 bits per heavy atom. The highest BCUT2D eigenvalue weighted by Gasteiger charge is 2.17. The molecular formula is C24H26N6O4S. The normalized spacial score (nSPS) is 10.6. The third-order valence-corrected chi connectivity index (χ3v) is 6.20. The van der Waals surface area contributed by atoms with Crippen molar-refractivity contribution in [3.8, 4) is 0 Å². The summed E-state index contributed by atoms with van der Waals surface area (Å²) in [6, 6.07) is 10.2. The lowest BCUT2D eigenvalue weighted by Crippen LogP contribution is -2.18. The first-order valence-corrected chi connectivity index (χ1v) is 11.7. The molecule has 0 radical (unpaired) electrons. The summed E-state index contributed by atoms with van der Waals surface area (Å²) in [7, 11) is 0. The Balaban J connectivity index is 1.63.